The van der Waals surface area contributed by atoms with Gasteiger partial charge in [0.15, 0.2) is 11.5 Å². The van der Waals surface area contributed by atoms with Gasteiger partial charge in [-0.15, -0.1) is 0 Å². The van der Waals surface area contributed by atoms with E-state index in [1.54, 1.807) is 7.11 Å². The second kappa shape index (κ2) is 9.64. The van der Waals surface area contributed by atoms with Crippen molar-refractivity contribution in [3.8, 4) is 11.5 Å². The molecule has 1 aromatic carbocycles. The molecule has 1 aromatic rings. The minimum absolute atomic E-state index is 0.385. The summed E-state index contributed by atoms with van der Waals surface area (Å²) in [6, 6.07) is 8.13. The van der Waals surface area contributed by atoms with E-state index in [1.807, 2.05) is 31.2 Å². The molecule has 0 aliphatic rings. The summed E-state index contributed by atoms with van der Waals surface area (Å²) in [4.78, 5) is 0. The summed E-state index contributed by atoms with van der Waals surface area (Å²) in [6.45, 7) is 6.89. The minimum Gasteiger partial charge on any atom is -0.490 e. The zero-order valence-electron chi connectivity index (χ0n) is 12.1. The fraction of sp³-hybridized carbons (Fsp3) is 0.600. The molecule has 19 heavy (non-hydrogen) atoms. The van der Waals surface area contributed by atoms with Crippen LogP contribution in [0.15, 0.2) is 24.3 Å². The van der Waals surface area contributed by atoms with E-state index in [0.717, 1.165) is 31.1 Å². The van der Waals surface area contributed by atoms with Gasteiger partial charge in [0.25, 0.3) is 0 Å². The number of hydrogen-bond acceptors (Lipinski definition) is 4. The SMILES string of the molecule is CCOc1ccccc1OCCNC(CC)COC. The molecule has 0 saturated heterocycles. The largest absolute Gasteiger partial charge is 0.490 e. The Balaban J connectivity index is 2.32. The van der Waals surface area contributed by atoms with Gasteiger partial charge < -0.3 is 19.5 Å². The monoisotopic (exact) mass is 267 g/mol. The lowest BCUT2D eigenvalue weighted by molar-refractivity contribution is 0.161. The number of hydrogen-bond donors (Lipinski definition) is 1. The molecule has 1 atom stereocenters. The van der Waals surface area contributed by atoms with E-state index in [1.165, 1.54) is 0 Å². The number of ether oxygens (including phenoxy) is 3. The first-order valence-electron chi connectivity index (χ1n) is 6.88. The van der Waals surface area contributed by atoms with E-state index in [0.29, 0.717) is 19.3 Å². The van der Waals surface area contributed by atoms with Crippen LogP contribution in [0.5, 0.6) is 11.5 Å². The molecule has 0 aromatic heterocycles. The molecule has 1 unspecified atom stereocenters. The lowest BCUT2D eigenvalue weighted by atomic mass is 10.2. The molecule has 0 spiro atoms. The minimum atomic E-state index is 0.385. The average molecular weight is 267 g/mol. The molecule has 1 N–H and O–H groups in total. The number of benzene rings is 1. The van der Waals surface area contributed by atoms with Crippen LogP contribution >= 0.6 is 0 Å². The van der Waals surface area contributed by atoms with Crippen LogP contribution in [-0.2, 0) is 4.74 Å². The van der Waals surface area contributed by atoms with Gasteiger partial charge in [-0.2, -0.15) is 0 Å². The fourth-order valence-corrected chi connectivity index (χ4v) is 1.79. The van der Waals surface area contributed by atoms with Crippen molar-refractivity contribution in [3.63, 3.8) is 0 Å². The van der Waals surface area contributed by atoms with Gasteiger partial charge in [0.1, 0.15) is 6.61 Å². The second-order valence-electron chi connectivity index (χ2n) is 4.24. The van der Waals surface area contributed by atoms with E-state index < -0.39 is 0 Å². The van der Waals surface area contributed by atoms with E-state index in [-0.39, 0.29) is 0 Å². The standard InChI is InChI=1S/C15H25NO3/c1-4-13(12-17-3)16-10-11-19-15-9-7-6-8-14(15)18-5-2/h6-9,13,16H,4-5,10-12H2,1-3H3. The van der Waals surface area contributed by atoms with Gasteiger partial charge in [0, 0.05) is 19.7 Å². The normalized spacial score (nSPS) is 12.2. The van der Waals surface area contributed by atoms with E-state index in [9.17, 15) is 0 Å². The topological polar surface area (TPSA) is 39.7 Å². The summed E-state index contributed by atoms with van der Waals surface area (Å²) in [6.07, 6.45) is 1.05. The Hall–Kier alpha value is -1.26. The summed E-state index contributed by atoms with van der Waals surface area (Å²) >= 11 is 0. The van der Waals surface area contributed by atoms with Crippen molar-refractivity contribution in [3.05, 3.63) is 24.3 Å². The Labute approximate surface area is 116 Å². The average Bonchev–Trinajstić information content (AvgIpc) is 2.44. The highest BCUT2D eigenvalue weighted by Gasteiger charge is 2.05. The maximum absolute atomic E-state index is 5.73. The Morgan fingerprint density at radius 3 is 2.37 bits per heavy atom. The summed E-state index contributed by atoms with van der Waals surface area (Å²) in [5.41, 5.74) is 0. The van der Waals surface area contributed by atoms with Crippen molar-refractivity contribution in [1.82, 2.24) is 5.32 Å². The number of para-hydroxylation sites is 2. The highest BCUT2D eigenvalue weighted by Crippen LogP contribution is 2.25. The molecule has 0 saturated carbocycles. The molecule has 4 nitrogen and oxygen atoms in total. The zero-order chi connectivity index (χ0) is 13.9. The molecule has 1 rings (SSSR count). The van der Waals surface area contributed by atoms with Gasteiger partial charge in [-0.3, -0.25) is 0 Å². The smallest absolute Gasteiger partial charge is 0.161 e. The Morgan fingerprint density at radius 1 is 1.11 bits per heavy atom. The predicted octanol–water partition coefficient (Wildman–Crippen LogP) is 2.48. The lowest BCUT2D eigenvalue weighted by Gasteiger charge is -2.16. The van der Waals surface area contributed by atoms with Crippen LogP contribution in [0.3, 0.4) is 0 Å². The van der Waals surface area contributed by atoms with Crippen LogP contribution in [0.25, 0.3) is 0 Å². The molecule has 0 aliphatic carbocycles. The first-order chi connectivity index (χ1) is 9.31. The fourth-order valence-electron chi connectivity index (χ4n) is 1.79. The van der Waals surface area contributed by atoms with Crippen LogP contribution in [-0.4, -0.2) is 39.5 Å². The van der Waals surface area contributed by atoms with Crippen LogP contribution in [0.2, 0.25) is 0 Å². The van der Waals surface area contributed by atoms with E-state index in [4.69, 9.17) is 14.2 Å². The maximum Gasteiger partial charge on any atom is 0.161 e. The van der Waals surface area contributed by atoms with Crippen molar-refractivity contribution in [2.45, 2.75) is 26.3 Å². The first kappa shape index (κ1) is 15.8. The molecule has 0 heterocycles. The molecule has 0 bridgehead atoms. The maximum atomic E-state index is 5.73. The van der Waals surface area contributed by atoms with Gasteiger partial charge in [0.05, 0.1) is 13.2 Å². The summed E-state index contributed by atoms with van der Waals surface area (Å²) < 4.78 is 16.4. The summed E-state index contributed by atoms with van der Waals surface area (Å²) in [5.74, 6) is 1.60. The van der Waals surface area contributed by atoms with Crippen molar-refractivity contribution in [2.24, 2.45) is 0 Å². The molecule has 0 radical (unpaired) electrons. The van der Waals surface area contributed by atoms with Crippen LogP contribution in [0.1, 0.15) is 20.3 Å². The summed E-state index contributed by atoms with van der Waals surface area (Å²) in [7, 11) is 1.72. The molecule has 4 heteroatoms. The van der Waals surface area contributed by atoms with E-state index in [2.05, 4.69) is 12.2 Å². The third-order valence-corrected chi connectivity index (χ3v) is 2.80. The van der Waals surface area contributed by atoms with Crippen LogP contribution in [0.4, 0.5) is 0 Å². The molecular weight excluding hydrogens is 242 g/mol. The summed E-state index contributed by atoms with van der Waals surface area (Å²) in [5, 5.41) is 3.40. The Kier molecular flexibility index (Phi) is 8.02. The highest BCUT2D eigenvalue weighted by atomic mass is 16.5. The Morgan fingerprint density at radius 2 is 1.79 bits per heavy atom. The van der Waals surface area contributed by atoms with E-state index >= 15 is 0 Å². The molecular formula is C15H25NO3. The van der Waals surface area contributed by atoms with Crippen LogP contribution < -0.4 is 14.8 Å². The van der Waals surface area contributed by atoms with Crippen LogP contribution in [0, 0.1) is 0 Å². The van der Waals surface area contributed by atoms with Gasteiger partial charge in [-0.05, 0) is 25.5 Å². The van der Waals surface area contributed by atoms with Gasteiger partial charge >= 0.3 is 0 Å². The van der Waals surface area contributed by atoms with Gasteiger partial charge in [-0.1, -0.05) is 19.1 Å². The van der Waals surface area contributed by atoms with Gasteiger partial charge in [0.2, 0.25) is 0 Å². The molecule has 0 aliphatic heterocycles. The van der Waals surface area contributed by atoms with Crippen molar-refractivity contribution < 1.29 is 14.2 Å². The van der Waals surface area contributed by atoms with Crippen molar-refractivity contribution >= 4 is 0 Å². The van der Waals surface area contributed by atoms with Crippen molar-refractivity contribution in [2.75, 3.05) is 33.5 Å². The highest BCUT2D eigenvalue weighted by molar-refractivity contribution is 5.39. The number of rotatable bonds is 10. The molecule has 108 valence electrons. The lowest BCUT2D eigenvalue weighted by Crippen LogP contribution is -2.35. The molecule has 0 amide bonds. The third kappa shape index (κ3) is 5.94. The first-order valence-corrected chi connectivity index (χ1v) is 6.88. The predicted molar refractivity (Wildman–Crippen MR) is 77.1 cm³/mol. The van der Waals surface area contributed by atoms with Crippen molar-refractivity contribution in [1.29, 1.82) is 0 Å². The quantitative estimate of drug-likeness (QED) is 0.661. The molecule has 0 fully saturated rings. The zero-order valence-corrected chi connectivity index (χ0v) is 12.1. The van der Waals surface area contributed by atoms with Gasteiger partial charge in [-0.25, -0.2) is 0 Å². The second-order valence-corrected chi connectivity index (χ2v) is 4.24. The number of nitrogens with one attached hydrogen (secondary N) is 1. The Bertz CT molecular complexity index is 344. The number of methoxy groups -OCH3 is 1. The third-order valence-electron chi connectivity index (χ3n) is 2.80.